The number of furan rings is 1. The summed E-state index contributed by atoms with van der Waals surface area (Å²) in [5.41, 5.74) is 7.93. The quantitative estimate of drug-likeness (QED) is 0.136. The third kappa shape index (κ3) is 6.80. The first-order valence-electron chi connectivity index (χ1n) is 15.1. The molecule has 0 bridgehead atoms. The van der Waals surface area contributed by atoms with Crippen molar-refractivity contribution in [2.24, 2.45) is 5.92 Å². The summed E-state index contributed by atoms with van der Waals surface area (Å²) in [4.78, 5) is 15.7. The summed E-state index contributed by atoms with van der Waals surface area (Å²) in [7, 11) is 0. The second-order valence-electron chi connectivity index (χ2n) is 12.4. The summed E-state index contributed by atoms with van der Waals surface area (Å²) in [5.74, 6) is 1.33. The van der Waals surface area contributed by atoms with E-state index in [0.29, 0.717) is 23.3 Å². The molecular weight excluding hydrogens is 723 g/mol. The van der Waals surface area contributed by atoms with E-state index >= 15 is 0 Å². The Balaban J connectivity index is 0.000000344. The molecule has 0 saturated heterocycles. The van der Waals surface area contributed by atoms with Crippen LogP contribution < -0.4 is 0 Å². The van der Waals surface area contributed by atoms with Gasteiger partial charge in [0.1, 0.15) is 11.3 Å². The largest absolute Gasteiger partial charge is 0.507 e. The maximum Gasteiger partial charge on any atom is 0.163 e. The molecule has 0 unspecified atom stereocenters. The van der Waals surface area contributed by atoms with Gasteiger partial charge in [0.25, 0.3) is 0 Å². The Labute approximate surface area is 273 Å². The molecule has 0 aliphatic carbocycles. The van der Waals surface area contributed by atoms with Crippen LogP contribution in [0.15, 0.2) is 83.4 Å². The van der Waals surface area contributed by atoms with E-state index in [1.54, 1.807) is 18.2 Å². The molecule has 2 aromatic heterocycles. The molecule has 0 saturated carbocycles. The SMILES string of the molecule is CC(=O)c1ccccc1O.CC(C)Cc1ccc2c(-c3[c-]c(C(C)C)cc4c3oc3ccccc34)ncc(C(C)C)c2c1.[Ir]. The van der Waals surface area contributed by atoms with Crippen molar-refractivity contribution in [1.82, 2.24) is 4.98 Å². The Morgan fingerprint density at radius 1 is 0.841 bits per heavy atom. The first-order chi connectivity index (χ1) is 20.5. The van der Waals surface area contributed by atoms with Gasteiger partial charge in [0.15, 0.2) is 5.78 Å². The van der Waals surface area contributed by atoms with Crippen LogP contribution in [0.4, 0.5) is 0 Å². The number of para-hydroxylation sites is 2. The number of hydrogen-bond acceptors (Lipinski definition) is 4. The first kappa shape index (κ1) is 33.1. The van der Waals surface area contributed by atoms with Gasteiger partial charge in [0, 0.05) is 31.7 Å². The minimum absolute atomic E-state index is 0. The molecule has 0 aliphatic rings. The van der Waals surface area contributed by atoms with Crippen molar-refractivity contribution in [3.63, 3.8) is 0 Å². The molecule has 0 aliphatic heterocycles. The van der Waals surface area contributed by atoms with E-state index in [9.17, 15) is 4.79 Å². The standard InChI is InChI=1S/C31H32NO.C8H8O2.Ir/c1-18(2)13-21-11-12-24-25(14-21)28(20(5)6)17-32-30(24)27-16-22(19(3)4)15-26-23-9-7-8-10-29(23)33-31(26)27;1-6(9)7-4-2-3-5-8(7)10;/h7-12,14-15,17-20H,13H2,1-6H3;2-5,10H,1H3;/q-1;;. The number of nitrogens with zero attached hydrogens (tertiary/aromatic N) is 1. The number of carbonyl (C=O) groups excluding carboxylic acids is 1. The number of aromatic nitrogens is 1. The van der Waals surface area contributed by atoms with E-state index in [2.05, 4.69) is 90.2 Å². The minimum atomic E-state index is -0.113. The first-order valence-corrected chi connectivity index (χ1v) is 15.1. The summed E-state index contributed by atoms with van der Waals surface area (Å²) < 4.78 is 6.40. The van der Waals surface area contributed by atoms with E-state index in [0.717, 1.165) is 39.6 Å². The van der Waals surface area contributed by atoms with Crippen LogP contribution in [0.5, 0.6) is 5.75 Å². The van der Waals surface area contributed by atoms with E-state index in [-0.39, 0.29) is 31.6 Å². The van der Waals surface area contributed by atoms with Crippen LogP contribution in [0.2, 0.25) is 0 Å². The maximum absolute atomic E-state index is 10.7. The molecule has 0 fully saturated rings. The van der Waals surface area contributed by atoms with Crippen molar-refractivity contribution in [1.29, 1.82) is 0 Å². The number of pyridine rings is 1. The Morgan fingerprint density at radius 2 is 1.55 bits per heavy atom. The van der Waals surface area contributed by atoms with Gasteiger partial charge in [0.2, 0.25) is 0 Å². The number of phenols is 1. The zero-order chi connectivity index (χ0) is 30.8. The Kier molecular flexibility index (Phi) is 10.4. The molecule has 2 heterocycles. The third-order valence-electron chi connectivity index (χ3n) is 7.82. The van der Waals surface area contributed by atoms with Crippen LogP contribution in [0, 0.1) is 12.0 Å². The molecule has 0 atom stereocenters. The third-order valence-corrected chi connectivity index (χ3v) is 7.82. The van der Waals surface area contributed by atoms with Gasteiger partial charge >= 0.3 is 0 Å². The summed E-state index contributed by atoms with van der Waals surface area (Å²) >= 11 is 0. The predicted octanol–water partition coefficient (Wildman–Crippen LogP) is 10.6. The van der Waals surface area contributed by atoms with Crippen molar-refractivity contribution in [2.45, 2.75) is 66.7 Å². The fraction of sp³-hybridized carbons (Fsp3) is 0.282. The summed E-state index contributed by atoms with van der Waals surface area (Å²) in [6.07, 6.45) is 3.14. The number of rotatable bonds is 6. The molecule has 5 heteroatoms. The number of phenolic OH excluding ortho intramolecular Hbond substituents is 1. The van der Waals surface area contributed by atoms with Gasteiger partial charge in [-0.25, -0.2) is 0 Å². The molecule has 4 nitrogen and oxygen atoms in total. The van der Waals surface area contributed by atoms with Crippen molar-refractivity contribution >= 4 is 38.5 Å². The van der Waals surface area contributed by atoms with Gasteiger partial charge < -0.3 is 14.5 Å². The summed E-state index contributed by atoms with van der Waals surface area (Å²) in [6, 6.07) is 27.6. The Hall–Kier alpha value is -3.79. The van der Waals surface area contributed by atoms with Crippen LogP contribution in [0.3, 0.4) is 0 Å². The average molecular weight is 763 g/mol. The van der Waals surface area contributed by atoms with Gasteiger partial charge in [-0.1, -0.05) is 101 Å². The van der Waals surface area contributed by atoms with E-state index < -0.39 is 0 Å². The van der Waals surface area contributed by atoms with E-state index in [1.165, 1.54) is 40.5 Å². The number of ketones is 1. The zero-order valence-corrected chi connectivity index (χ0v) is 28.9. The number of Topliss-reactive ketones (excluding diaryl/α,β-unsaturated/α-hetero) is 1. The molecule has 229 valence electrons. The molecule has 0 amide bonds. The predicted molar refractivity (Wildman–Crippen MR) is 178 cm³/mol. The number of benzene rings is 4. The topological polar surface area (TPSA) is 63.3 Å². The van der Waals surface area contributed by atoms with Crippen LogP contribution >= 0.6 is 0 Å². The molecule has 0 spiro atoms. The zero-order valence-electron chi connectivity index (χ0n) is 26.5. The van der Waals surface area contributed by atoms with E-state index in [1.807, 2.05) is 12.1 Å². The molecule has 6 aromatic rings. The molecule has 6 rings (SSSR count). The van der Waals surface area contributed by atoms with Crippen molar-refractivity contribution in [3.8, 4) is 17.0 Å². The van der Waals surface area contributed by atoms with Gasteiger partial charge in [-0.05, 0) is 76.9 Å². The number of hydrogen-bond donors (Lipinski definition) is 1. The van der Waals surface area contributed by atoms with Crippen LogP contribution in [-0.4, -0.2) is 15.9 Å². The van der Waals surface area contributed by atoms with E-state index in [4.69, 9.17) is 14.5 Å². The fourth-order valence-corrected chi connectivity index (χ4v) is 5.60. The molecule has 44 heavy (non-hydrogen) atoms. The Morgan fingerprint density at radius 3 is 2.18 bits per heavy atom. The minimum Gasteiger partial charge on any atom is -0.507 e. The maximum atomic E-state index is 10.7. The van der Waals surface area contributed by atoms with Crippen molar-refractivity contribution < 1.29 is 34.4 Å². The normalized spacial score (nSPS) is 11.3. The average Bonchev–Trinajstić information content (AvgIpc) is 3.35. The Bertz CT molecular complexity index is 1930. The van der Waals surface area contributed by atoms with Gasteiger partial charge in [-0.3, -0.25) is 4.79 Å². The fourth-order valence-electron chi connectivity index (χ4n) is 5.60. The molecule has 4 aromatic carbocycles. The van der Waals surface area contributed by atoms with Crippen LogP contribution in [-0.2, 0) is 26.5 Å². The van der Waals surface area contributed by atoms with Crippen molar-refractivity contribution in [3.05, 3.63) is 107 Å². The number of fused-ring (bicyclic) bond motifs is 4. The van der Waals surface area contributed by atoms with Crippen LogP contribution in [0.25, 0.3) is 44.0 Å². The second-order valence-corrected chi connectivity index (χ2v) is 12.4. The van der Waals surface area contributed by atoms with Gasteiger partial charge in [-0.2, -0.15) is 0 Å². The van der Waals surface area contributed by atoms with Crippen molar-refractivity contribution in [2.75, 3.05) is 0 Å². The number of carbonyl (C=O) groups is 1. The molecule has 1 radical (unpaired) electrons. The second kappa shape index (κ2) is 13.9. The van der Waals surface area contributed by atoms with Gasteiger partial charge in [-0.15, -0.1) is 17.7 Å². The molecular formula is C39H40IrNO3-. The smallest absolute Gasteiger partial charge is 0.163 e. The van der Waals surface area contributed by atoms with Crippen LogP contribution in [0.1, 0.15) is 87.4 Å². The summed E-state index contributed by atoms with van der Waals surface area (Å²) in [6.45, 7) is 14.9. The molecule has 1 N–H and O–H groups in total. The number of aromatic hydroxyl groups is 1. The monoisotopic (exact) mass is 763 g/mol. The van der Waals surface area contributed by atoms with Gasteiger partial charge in [0.05, 0.1) is 11.1 Å². The summed E-state index contributed by atoms with van der Waals surface area (Å²) in [5, 5.41) is 13.8.